The molecule has 0 atom stereocenters. The van der Waals surface area contributed by atoms with Crippen LogP contribution in [-0.4, -0.2) is 17.5 Å². The van der Waals surface area contributed by atoms with Crippen LogP contribution in [0.1, 0.15) is 0 Å². The summed E-state index contributed by atoms with van der Waals surface area (Å²) in [6, 6.07) is 2.64. The Kier molecular flexibility index (Phi) is 3.53. The molecular weight excluding hydrogens is 303 g/mol. The maximum atomic E-state index is 12.9. The molecular formula is C9H7BrClFN2S. The first kappa shape index (κ1) is 11.2. The molecule has 0 bridgehead atoms. The molecule has 0 unspecified atom stereocenters. The van der Waals surface area contributed by atoms with Gasteiger partial charge in [0.2, 0.25) is 0 Å². The fraction of sp³-hybridized carbons (Fsp3) is 0.222. The zero-order chi connectivity index (χ0) is 10.8. The van der Waals surface area contributed by atoms with Gasteiger partial charge in [-0.25, -0.2) is 4.39 Å². The normalized spacial score (nSPS) is 15.3. The summed E-state index contributed by atoms with van der Waals surface area (Å²) in [5, 5.41) is 4.24. The lowest BCUT2D eigenvalue weighted by atomic mass is 10.3. The Morgan fingerprint density at radius 1 is 1.53 bits per heavy atom. The maximum Gasteiger partial charge on any atom is 0.161 e. The van der Waals surface area contributed by atoms with Gasteiger partial charge in [-0.15, -0.1) is 0 Å². The predicted molar refractivity (Wildman–Crippen MR) is 67.5 cm³/mol. The molecule has 80 valence electrons. The van der Waals surface area contributed by atoms with Gasteiger partial charge in [-0.05, 0) is 28.1 Å². The summed E-state index contributed by atoms with van der Waals surface area (Å²) in [5.74, 6) is 0.608. The molecule has 1 aromatic carbocycles. The highest BCUT2D eigenvalue weighted by molar-refractivity contribution is 9.10. The lowest BCUT2D eigenvalue weighted by Crippen LogP contribution is -2.06. The lowest BCUT2D eigenvalue weighted by molar-refractivity contribution is 0.627. The highest BCUT2D eigenvalue weighted by Crippen LogP contribution is 2.32. The van der Waals surface area contributed by atoms with Crippen LogP contribution in [0.5, 0.6) is 0 Å². The van der Waals surface area contributed by atoms with Crippen LogP contribution in [0.2, 0.25) is 5.02 Å². The molecule has 1 aliphatic heterocycles. The number of benzene rings is 1. The predicted octanol–water partition coefficient (Wildman–Crippen LogP) is 3.76. The molecule has 2 rings (SSSR count). The Bertz CT molecular complexity index is 402. The minimum Gasteiger partial charge on any atom is -0.333 e. The van der Waals surface area contributed by atoms with E-state index < -0.39 is 0 Å². The number of nitrogens with zero attached hydrogens (tertiary/aromatic N) is 1. The number of hydrogen-bond donors (Lipinski definition) is 1. The van der Waals surface area contributed by atoms with E-state index in [4.69, 9.17) is 11.6 Å². The molecule has 0 amide bonds. The van der Waals surface area contributed by atoms with Gasteiger partial charge in [-0.3, -0.25) is 4.99 Å². The number of halogens is 3. The van der Waals surface area contributed by atoms with E-state index in [9.17, 15) is 4.39 Å². The standard InChI is InChI=1S/C9H7BrClFN2S/c10-6-3-5(12)4-7(11)8(6)14-9-13-1-2-15-9/h3-4H,1-2H2,(H,13,14). The smallest absolute Gasteiger partial charge is 0.161 e. The van der Waals surface area contributed by atoms with Crippen molar-refractivity contribution in [1.29, 1.82) is 0 Å². The van der Waals surface area contributed by atoms with Crippen molar-refractivity contribution in [2.75, 3.05) is 17.6 Å². The molecule has 0 aliphatic carbocycles. The van der Waals surface area contributed by atoms with Gasteiger partial charge in [0, 0.05) is 10.2 Å². The van der Waals surface area contributed by atoms with Crippen LogP contribution in [0.3, 0.4) is 0 Å². The zero-order valence-corrected chi connectivity index (χ0v) is 10.7. The van der Waals surface area contributed by atoms with Crippen molar-refractivity contribution in [2.24, 2.45) is 4.99 Å². The third-order valence-electron chi connectivity index (χ3n) is 1.82. The van der Waals surface area contributed by atoms with Crippen molar-refractivity contribution in [3.63, 3.8) is 0 Å². The summed E-state index contributed by atoms with van der Waals surface area (Å²) in [6.45, 7) is 0.809. The van der Waals surface area contributed by atoms with Gasteiger partial charge in [0.1, 0.15) is 5.82 Å². The lowest BCUT2D eigenvalue weighted by Gasteiger charge is -2.09. The summed E-state index contributed by atoms with van der Waals surface area (Å²) in [4.78, 5) is 4.23. The van der Waals surface area contributed by atoms with Crippen LogP contribution in [0.25, 0.3) is 0 Å². The molecule has 0 saturated carbocycles. The molecule has 0 saturated heterocycles. The minimum atomic E-state index is -0.363. The quantitative estimate of drug-likeness (QED) is 0.854. The van der Waals surface area contributed by atoms with Crippen LogP contribution < -0.4 is 5.32 Å². The van der Waals surface area contributed by atoms with Crippen LogP contribution >= 0.6 is 39.3 Å². The topological polar surface area (TPSA) is 24.4 Å². The van der Waals surface area contributed by atoms with Crippen molar-refractivity contribution < 1.29 is 4.39 Å². The number of amidine groups is 1. The van der Waals surface area contributed by atoms with Crippen molar-refractivity contribution >= 4 is 50.1 Å². The fourth-order valence-corrected chi connectivity index (χ4v) is 2.81. The van der Waals surface area contributed by atoms with Gasteiger partial charge in [-0.1, -0.05) is 23.4 Å². The summed E-state index contributed by atoms with van der Waals surface area (Å²) in [6.07, 6.45) is 0. The van der Waals surface area contributed by atoms with E-state index in [0.717, 1.165) is 17.5 Å². The number of anilines is 1. The molecule has 1 aromatic rings. The molecule has 2 nitrogen and oxygen atoms in total. The molecule has 0 radical (unpaired) electrons. The molecule has 1 N–H and O–H groups in total. The highest BCUT2D eigenvalue weighted by atomic mass is 79.9. The molecule has 1 aliphatic rings. The molecule has 0 fully saturated rings. The molecule has 6 heteroatoms. The average molecular weight is 310 g/mol. The zero-order valence-electron chi connectivity index (χ0n) is 7.56. The monoisotopic (exact) mass is 308 g/mol. The highest BCUT2D eigenvalue weighted by Gasteiger charge is 2.12. The molecule has 0 aromatic heterocycles. The summed E-state index contributed by atoms with van der Waals surface area (Å²) >= 11 is 10.8. The van der Waals surface area contributed by atoms with Gasteiger partial charge in [-0.2, -0.15) is 0 Å². The van der Waals surface area contributed by atoms with Gasteiger partial charge in [0.25, 0.3) is 0 Å². The number of rotatable bonds is 1. The van der Waals surface area contributed by atoms with Crippen molar-refractivity contribution in [3.05, 3.63) is 27.4 Å². The van der Waals surface area contributed by atoms with Crippen LogP contribution in [0.15, 0.2) is 21.6 Å². The third-order valence-corrected chi connectivity index (χ3v) is 3.64. The van der Waals surface area contributed by atoms with E-state index >= 15 is 0 Å². The average Bonchev–Trinajstić information content (AvgIpc) is 2.63. The van der Waals surface area contributed by atoms with Crippen molar-refractivity contribution in [3.8, 4) is 0 Å². The third kappa shape index (κ3) is 2.65. The first-order valence-electron chi connectivity index (χ1n) is 4.25. The molecule has 15 heavy (non-hydrogen) atoms. The van der Waals surface area contributed by atoms with Crippen LogP contribution in [-0.2, 0) is 0 Å². The fourth-order valence-electron chi connectivity index (χ4n) is 1.18. The van der Waals surface area contributed by atoms with Crippen LogP contribution in [0, 0.1) is 5.82 Å². The van der Waals surface area contributed by atoms with Crippen LogP contribution in [0.4, 0.5) is 10.1 Å². The second-order valence-electron chi connectivity index (χ2n) is 2.90. The summed E-state index contributed by atoms with van der Waals surface area (Å²) in [5.41, 5.74) is 0.659. The second kappa shape index (κ2) is 4.72. The second-order valence-corrected chi connectivity index (χ2v) is 5.25. The first-order valence-corrected chi connectivity index (χ1v) is 6.41. The van der Waals surface area contributed by atoms with Gasteiger partial charge in [0.15, 0.2) is 5.17 Å². The number of thioether (sulfide) groups is 1. The van der Waals surface area contributed by atoms with Gasteiger partial charge in [0.05, 0.1) is 17.3 Å². The molecule has 1 heterocycles. The van der Waals surface area contributed by atoms with Crippen molar-refractivity contribution in [2.45, 2.75) is 0 Å². The SMILES string of the molecule is Fc1cc(Cl)c(NC2=NCCS2)c(Br)c1. The van der Waals surface area contributed by atoms with E-state index in [2.05, 4.69) is 26.2 Å². The summed E-state index contributed by atoms with van der Waals surface area (Å²) < 4.78 is 13.5. The number of hydrogen-bond acceptors (Lipinski definition) is 3. The van der Waals surface area contributed by atoms with Gasteiger partial charge >= 0.3 is 0 Å². The Balaban J connectivity index is 2.27. The maximum absolute atomic E-state index is 12.9. The number of nitrogens with one attached hydrogen (secondary N) is 1. The minimum absolute atomic E-state index is 0.345. The Hall–Kier alpha value is -0.260. The molecule has 0 spiro atoms. The van der Waals surface area contributed by atoms with E-state index in [0.29, 0.717) is 15.2 Å². The largest absolute Gasteiger partial charge is 0.333 e. The Morgan fingerprint density at radius 3 is 2.93 bits per heavy atom. The Labute approximate surface area is 104 Å². The van der Waals surface area contributed by atoms with E-state index in [1.807, 2.05) is 0 Å². The van der Waals surface area contributed by atoms with E-state index in [-0.39, 0.29) is 5.82 Å². The van der Waals surface area contributed by atoms with Gasteiger partial charge < -0.3 is 5.32 Å². The van der Waals surface area contributed by atoms with E-state index in [1.165, 1.54) is 12.1 Å². The van der Waals surface area contributed by atoms with E-state index in [1.54, 1.807) is 11.8 Å². The number of aliphatic imine (C=N–C) groups is 1. The first-order chi connectivity index (χ1) is 7.16. The Morgan fingerprint density at radius 2 is 2.33 bits per heavy atom. The van der Waals surface area contributed by atoms with Crippen molar-refractivity contribution in [1.82, 2.24) is 0 Å². The summed E-state index contributed by atoms with van der Waals surface area (Å²) in [7, 11) is 0.